The summed E-state index contributed by atoms with van der Waals surface area (Å²) in [6.45, 7) is 0.337. The summed E-state index contributed by atoms with van der Waals surface area (Å²) in [5.41, 5.74) is 6.71. The summed E-state index contributed by atoms with van der Waals surface area (Å²) in [7, 11) is 3.08. The molecule has 0 fully saturated rings. The van der Waals surface area contributed by atoms with Crippen molar-refractivity contribution in [3.63, 3.8) is 0 Å². The van der Waals surface area contributed by atoms with Crippen LogP contribution < -0.4 is 25.8 Å². The number of hydrogen-bond donors (Lipinski definition) is 3. The first kappa shape index (κ1) is 15.1. The van der Waals surface area contributed by atoms with Crippen LogP contribution in [0.15, 0.2) is 23.6 Å². The fourth-order valence-electron chi connectivity index (χ4n) is 1.62. The lowest BCUT2D eigenvalue weighted by molar-refractivity contribution is 0.262. The summed E-state index contributed by atoms with van der Waals surface area (Å²) in [5.74, 6) is 1.15. The van der Waals surface area contributed by atoms with E-state index >= 15 is 0 Å². The molecule has 2 rings (SSSR count). The zero-order valence-electron chi connectivity index (χ0n) is 11.7. The van der Waals surface area contributed by atoms with Crippen LogP contribution in [-0.4, -0.2) is 25.2 Å². The Morgan fingerprint density at radius 2 is 2.14 bits per heavy atom. The number of hydrogen-bond acceptors (Lipinski definition) is 6. The number of methoxy groups -OCH3 is 2. The molecule has 8 heteroatoms. The largest absolute Gasteiger partial charge is 0.497 e. The minimum absolute atomic E-state index is 0.337. The molecule has 0 spiro atoms. The lowest BCUT2D eigenvalue weighted by Crippen LogP contribution is -2.19. The Labute approximate surface area is 126 Å². The molecule has 4 N–H and O–H groups in total. The minimum atomic E-state index is -0.417. The number of rotatable bonds is 5. The van der Waals surface area contributed by atoms with Gasteiger partial charge in [0.2, 0.25) is 0 Å². The Morgan fingerprint density at radius 1 is 1.33 bits per heavy atom. The molecule has 0 aliphatic rings. The average Bonchev–Trinajstić information content (AvgIpc) is 2.94. The second kappa shape index (κ2) is 6.91. The van der Waals surface area contributed by atoms with Gasteiger partial charge in [-0.15, -0.1) is 11.3 Å². The number of benzene rings is 1. The highest BCUT2D eigenvalue weighted by Gasteiger charge is 2.10. The number of ether oxygens (including phenoxy) is 2. The molecule has 0 radical (unpaired) electrons. The average molecular weight is 308 g/mol. The molecule has 2 aromatic rings. The minimum Gasteiger partial charge on any atom is -0.497 e. The number of amides is 2. The predicted octanol–water partition coefficient (Wildman–Crippen LogP) is 2.26. The third kappa shape index (κ3) is 3.83. The fraction of sp³-hybridized carbons (Fsp3) is 0.231. The van der Waals surface area contributed by atoms with Gasteiger partial charge in [-0.1, -0.05) is 0 Å². The zero-order valence-corrected chi connectivity index (χ0v) is 12.5. The van der Waals surface area contributed by atoms with Gasteiger partial charge in [0.25, 0.3) is 0 Å². The molecule has 0 aliphatic heterocycles. The number of carbonyl (C=O) groups is 1. The SMILES string of the molecule is COc1ccc(OC)c(NC(=O)Nc2nc(CN)cs2)c1. The maximum Gasteiger partial charge on any atom is 0.325 e. The van der Waals surface area contributed by atoms with Gasteiger partial charge in [-0.3, -0.25) is 5.32 Å². The van der Waals surface area contributed by atoms with Crippen LogP contribution in [0.3, 0.4) is 0 Å². The molecule has 0 aliphatic carbocycles. The van der Waals surface area contributed by atoms with Gasteiger partial charge in [-0.2, -0.15) is 0 Å². The molecular formula is C13H16N4O3S. The molecule has 2 amide bonds. The highest BCUT2D eigenvalue weighted by molar-refractivity contribution is 7.13. The maximum atomic E-state index is 12.0. The van der Waals surface area contributed by atoms with E-state index in [4.69, 9.17) is 15.2 Å². The molecule has 0 saturated heterocycles. The van der Waals surface area contributed by atoms with E-state index in [1.165, 1.54) is 18.4 Å². The van der Waals surface area contributed by atoms with Crippen molar-refractivity contribution in [1.29, 1.82) is 0 Å². The molecule has 21 heavy (non-hydrogen) atoms. The van der Waals surface area contributed by atoms with E-state index < -0.39 is 6.03 Å². The molecule has 0 saturated carbocycles. The monoisotopic (exact) mass is 308 g/mol. The topological polar surface area (TPSA) is 98.5 Å². The number of aromatic nitrogens is 1. The lowest BCUT2D eigenvalue weighted by Gasteiger charge is -2.11. The standard InChI is InChI=1S/C13H16N4O3S/c1-19-9-3-4-11(20-2)10(5-9)16-12(18)17-13-15-8(6-14)7-21-13/h3-5,7H,6,14H2,1-2H3,(H2,15,16,17,18). The highest BCUT2D eigenvalue weighted by Crippen LogP contribution is 2.29. The van der Waals surface area contributed by atoms with Crippen LogP contribution in [0.2, 0.25) is 0 Å². The number of nitrogens with zero attached hydrogens (tertiary/aromatic N) is 1. The quantitative estimate of drug-likeness (QED) is 0.787. The van der Waals surface area contributed by atoms with Crippen molar-refractivity contribution in [1.82, 2.24) is 4.98 Å². The molecule has 1 heterocycles. The zero-order chi connectivity index (χ0) is 15.2. The summed E-state index contributed by atoms with van der Waals surface area (Å²) in [6, 6.07) is 4.71. The Morgan fingerprint density at radius 3 is 2.76 bits per heavy atom. The Kier molecular flexibility index (Phi) is 4.96. The van der Waals surface area contributed by atoms with Gasteiger partial charge < -0.3 is 20.5 Å². The van der Waals surface area contributed by atoms with E-state index in [0.29, 0.717) is 28.9 Å². The summed E-state index contributed by atoms with van der Waals surface area (Å²) >= 11 is 1.31. The third-order valence-electron chi connectivity index (χ3n) is 2.64. The van der Waals surface area contributed by atoms with Gasteiger partial charge in [0, 0.05) is 18.0 Å². The van der Waals surface area contributed by atoms with E-state index in [-0.39, 0.29) is 0 Å². The van der Waals surface area contributed by atoms with Crippen molar-refractivity contribution in [3.05, 3.63) is 29.3 Å². The van der Waals surface area contributed by atoms with E-state index in [1.807, 2.05) is 0 Å². The Hall–Kier alpha value is -2.32. The molecule has 1 aromatic heterocycles. The van der Waals surface area contributed by atoms with E-state index in [2.05, 4.69) is 15.6 Å². The second-order valence-electron chi connectivity index (χ2n) is 3.99. The summed E-state index contributed by atoms with van der Waals surface area (Å²) in [4.78, 5) is 16.1. The van der Waals surface area contributed by atoms with Crippen LogP contribution in [0.1, 0.15) is 5.69 Å². The first-order chi connectivity index (χ1) is 10.2. The number of nitrogens with two attached hydrogens (primary N) is 1. The van der Waals surface area contributed by atoms with Crippen LogP contribution in [0.4, 0.5) is 15.6 Å². The van der Waals surface area contributed by atoms with Crippen LogP contribution in [0.5, 0.6) is 11.5 Å². The van der Waals surface area contributed by atoms with Gasteiger partial charge in [0.15, 0.2) is 5.13 Å². The summed E-state index contributed by atoms with van der Waals surface area (Å²) in [5, 5.41) is 7.61. The van der Waals surface area contributed by atoms with Crippen molar-refractivity contribution >= 4 is 28.2 Å². The molecule has 112 valence electrons. The number of anilines is 2. The van der Waals surface area contributed by atoms with Crippen molar-refractivity contribution in [2.45, 2.75) is 6.54 Å². The Bertz CT molecular complexity index is 630. The van der Waals surface area contributed by atoms with Crippen molar-refractivity contribution in [2.75, 3.05) is 24.9 Å². The van der Waals surface area contributed by atoms with Gasteiger partial charge in [-0.25, -0.2) is 9.78 Å². The number of urea groups is 1. The van der Waals surface area contributed by atoms with Gasteiger partial charge >= 0.3 is 6.03 Å². The van der Waals surface area contributed by atoms with Gasteiger partial charge in [0.1, 0.15) is 11.5 Å². The van der Waals surface area contributed by atoms with Crippen molar-refractivity contribution < 1.29 is 14.3 Å². The van der Waals surface area contributed by atoms with Gasteiger partial charge in [0.05, 0.1) is 25.6 Å². The first-order valence-electron chi connectivity index (χ1n) is 6.10. The molecular weight excluding hydrogens is 292 g/mol. The molecule has 1 aromatic carbocycles. The Balaban J connectivity index is 2.07. The number of carbonyl (C=O) groups excluding carboxylic acids is 1. The van der Waals surface area contributed by atoms with Gasteiger partial charge in [-0.05, 0) is 12.1 Å². The highest BCUT2D eigenvalue weighted by atomic mass is 32.1. The van der Waals surface area contributed by atoms with Crippen LogP contribution >= 0.6 is 11.3 Å². The third-order valence-corrected chi connectivity index (χ3v) is 3.44. The second-order valence-corrected chi connectivity index (χ2v) is 4.85. The fourth-order valence-corrected chi connectivity index (χ4v) is 2.34. The normalized spacial score (nSPS) is 10.0. The number of nitrogens with one attached hydrogen (secondary N) is 2. The van der Waals surface area contributed by atoms with Crippen molar-refractivity contribution in [2.24, 2.45) is 5.73 Å². The molecule has 0 atom stereocenters. The van der Waals surface area contributed by atoms with E-state index in [0.717, 1.165) is 5.69 Å². The maximum absolute atomic E-state index is 12.0. The van der Waals surface area contributed by atoms with Crippen LogP contribution in [0, 0.1) is 0 Å². The summed E-state index contributed by atoms with van der Waals surface area (Å²) in [6.07, 6.45) is 0. The van der Waals surface area contributed by atoms with E-state index in [1.54, 1.807) is 30.7 Å². The molecule has 0 bridgehead atoms. The number of thiazole rings is 1. The molecule has 7 nitrogen and oxygen atoms in total. The smallest absolute Gasteiger partial charge is 0.325 e. The first-order valence-corrected chi connectivity index (χ1v) is 6.98. The van der Waals surface area contributed by atoms with Crippen molar-refractivity contribution in [3.8, 4) is 11.5 Å². The molecule has 0 unspecified atom stereocenters. The van der Waals surface area contributed by atoms with Crippen LogP contribution in [0.25, 0.3) is 0 Å². The van der Waals surface area contributed by atoms with E-state index in [9.17, 15) is 4.79 Å². The predicted molar refractivity (Wildman–Crippen MR) is 82.2 cm³/mol. The van der Waals surface area contributed by atoms with Crippen LogP contribution in [-0.2, 0) is 6.54 Å². The lowest BCUT2D eigenvalue weighted by atomic mass is 10.2. The summed E-state index contributed by atoms with van der Waals surface area (Å²) < 4.78 is 10.3.